The zero-order chi connectivity index (χ0) is 64.4. The van der Waals surface area contributed by atoms with Crippen molar-refractivity contribution < 1.29 is 418 Å². The Bertz CT molecular complexity index is 967. The van der Waals surface area contributed by atoms with Crippen molar-refractivity contribution in [2.75, 3.05) is 0 Å². The number of carboxylic acid groups (broad SMARTS) is 18. The van der Waals surface area contributed by atoms with Gasteiger partial charge in [-0.3, -0.25) is 0 Å². The van der Waals surface area contributed by atoms with Gasteiger partial charge in [0, 0.05) is 107 Å². The second-order valence-electron chi connectivity index (χ2n) is 8.85. The van der Waals surface area contributed by atoms with Crippen molar-refractivity contribution in [3.05, 3.63) is 0 Å². The van der Waals surface area contributed by atoms with Crippen LogP contribution in [0, 0.1) is 240 Å². The van der Waals surface area contributed by atoms with E-state index in [1.165, 1.54) is 0 Å². The first-order chi connectivity index (χ1) is 31.2. The number of rotatable bonds is 0. The predicted octanol–water partition coefficient (Wildman–Crippen LogP) is -22.4. The molecule has 0 fully saturated rings. The van der Waals surface area contributed by atoms with Gasteiger partial charge in [0.05, 0.1) is 0 Å². The van der Waals surface area contributed by atoms with Gasteiger partial charge in [0.25, 0.3) is 0 Å². The van der Waals surface area contributed by atoms with Crippen LogP contribution in [0.5, 0.6) is 0 Å². The minimum Gasteiger partial charge on any atom is -0.550 e. The summed E-state index contributed by atoms with van der Waals surface area (Å²) in [7, 11) is 0. The van der Waals surface area contributed by atoms with Gasteiger partial charge < -0.3 is 178 Å². The summed E-state index contributed by atoms with van der Waals surface area (Å²) < 4.78 is 0. The smallest absolute Gasteiger partial charge is 0.550 e. The van der Waals surface area contributed by atoms with Crippen LogP contribution in [0.2, 0.25) is 0 Å². The maximum atomic E-state index is 8.89. The number of hydrogen-bond donors (Lipinski definition) is 0. The summed E-state index contributed by atoms with van der Waals surface area (Å²) in [6, 6.07) is 0. The van der Waals surface area contributed by atoms with Crippen LogP contribution in [0.15, 0.2) is 0 Å². The summed E-state index contributed by atoms with van der Waals surface area (Å²) in [5.41, 5.74) is 0. The second kappa shape index (κ2) is 152. The van der Waals surface area contributed by atoms with E-state index in [1.54, 1.807) is 0 Å². The maximum Gasteiger partial charge on any atom is 3.00 e. The van der Waals surface area contributed by atoms with Gasteiger partial charge in [0.1, 0.15) is 0 Å². The largest absolute Gasteiger partial charge is 3.00 e. The first kappa shape index (κ1) is 158. The van der Waals surface area contributed by atoms with E-state index in [0.29, 0.717) is 0 Å². The van der Waals surface area contributed by atoms with Crippen molar-refractivity contribution in [3.63, 3.8) is 0 Å². The fourth-order valence-corrected chi connectivity index (χ4v) is 0. The second-order valence-corrected chi connectivity index (χ2v) is 8.85. The molecule has 0 spiro atoms. The zero-order valence-electron chi connectivity index (χ0n) is 43.8. The SMILES string of the molecule is CC(=O)[O-].CC(=O)[O-].CC(=O)[O-].CC(=O)[O-].CC(=O)[O-].CC(=O)[O-].CC(=O)[O-].CC(=O)[O-].CC(=O)[O-].CC(=O)[O-].CC(=O)[O-].CC(=O)[O-].CC(=O)[O-].CC(=O)[O-].CC(=O)[O-].CC(=O)[O-].CC(=O)[O-].CC(=O)[O-].[Gd+3].[Gd+3].[Gd+3].[Gd+3].[Gd+3].[Gd+3]. The average Bonchev–Trinajstić information content (AvgIpc) is 2.91. The molecular weight excluding hydrogens is 1950 g/mol. The molecule has 0 heterocycles. The van der Waals surface area contributed by atoms with E-state index >= 15 is 0 Å². The van der Waals surface area contributed by atoms with Crippen molar-refractivity contribution in [1.82, 2.24) is 0 Å². The number of carboxylic acids is 18. The van der Waals surface area contributed by atoms with E-state index in [-0.39, 0.29) is 240 Å². The fraction of sp³-hybridized carbons (Fsp3) is 0.500. The van der Waals surface area contributed by atoms with Gasteiger partial charge in [0.15, 0.2) is 0 Å². The Morgan fingerprint density at radius 3 is 0.115 bits per heavy atom. The summed E-state index contributed by atoms with van der Waals surface area (Å²) in [6.45, 7) is 17.5. The molecule has 462 valence electrons. The Morgan fingerprint density at radius 1 is 0.115 bits per heavy atom. The first-order valence-corrected chi connectivity index (χ1v) is 16.3. The van der Waals surface area contributed by atoms with Crippen LogP contribution >= 0.6 is 0 Å². The standard InChI is InChI=1S/18C2H4O2.6Gd/c18*1-2(3)4;;;;;;/h18*1H3,(H,3,4);;;;;;/q;;;;;;;;;;;;;;;;;;6*+3/p-18. The quantitative estimate of drug-likeness (QED) is 0.217. The van der Waals surface area contributed by atoms with E-state index in [2.05, 4.69) is 0 Å². The molecule has 0 unspecified atom stereocenters. The average molecular weight is 2010 g/mol. The van der Waals surface area contributed by atoms with Crippen LogP contribution < -0.4 is 91.9 Å². The fourth-order valence-electron chi connectivity index (χ4n) is 0. The molecule has 0 saturated carbocycles. The van der Waals surface area contributed by atoms with Crippen LogP contribution in [0.3, 0.4) is 0 Å². The van der Waals surface area contributed by atoms with Crippen LogP contribution in [0.25, 0.3) is 0 Å². The van der Waals surface area contributed by atoms with Crippen LogP contribution in [0.4, 0.5) is 0 Å². The Morgan fingerprint density at radius 2 is 0.115 bits per heavy atom. The van der Waals surface area contributed by atoms with E-state index in [4.69, 9.17) is 178 Å². The summed E-state index contributed by atoms with van der Waals surface area (Å²) in [5.74, 6) is -19.5. The minimum absolute atomic E-state index is 0. The van der Waals surface area contributed by atoms with Gasteiger partial charge in [-0.15, -0.1) is 0 Å². The molecule has 0 aliphatic carbocycles. The molecule has 0 aromatic carbocycles. The van der Waals surface area contributed by atoms with Gasteiger partial charge in [-0.05, 0) is 125 Å². The molecule has 0 rings (SSSR count). The number of carbonyl (C=O) groups is 18. The van der Waals surface area contributed by atoms with Crippen LogP contribution in [-0.2, 0) is 86.3 Å². The number of hydrogen-bond acceptors (Lipinski definition) is 36. The Hall–Kier alpha value is -1.59. The van der Waals surface area contributed by atoms with Crippen molar-refractivity contribution in [2.24, 2.45) is 0 Å². The van der Waals surface area contributed by atoms with E-state index in [0.717, 1.165) is 125 Å². The zero-order valence-corrected chi connectivity index (χ0v) is 57.4. The summed E-state index contributed by atoms with van der Waals surface area (Å²) in [5, 5.41) is 160. The Balaban J connectivity index is -0.0000000179. The monoisotopic (exact) mass is 2010 g/mol. The molecule has 0 aromatic rings. The molecule has 0 amide bonds. The third-order valence-electron chi connectivity index (χ3n) is 0. The molecule has 0 aromatic heterocycles. The van der Waals surface area contributed by atoms with Gasteiger partial charge in [-0.1, -0.05) is 0 Å². The van der Waals surface area contributed by atoms with Crippen molar-refractivity contribution >= 4 is 107 Å². The van der Waals surface area contributed by atoms with E-state index < -0.39 is 107 Å². The topological polar surface area (TPSA) is 722 Å². The van der Waals surface area contributed by atoms with Gasteiger partial charge >= 0.3 is 240 Å². The molecule has 0 N–H and O–H groups in total. The Kier molecular flexibility index (Phi) is 308. The summed E-state index contributed by atoms with van der Waals surface area (Å²) in [6.07, 6.45) is 0. The summed E-state index contributed by atoms with van der Waals surface area (Å²) >= 11 is 0. The van der Waals surface area contributed by atoms with Crippen LogP contribution in [0.1, 0.15) is 125 Å². The van der Waals surface area contributed by atoms with Crippen molar-refractivity contribution in [2.45, 2.75) is 125 Å². The maximum absolute atomic E-state index is 8.89. The van der Waals surface area contributed by atoms with Gasteiger partial charge in [0.2, 0.25) is 0 Å². The third-order valence-corrected chi connectivity index (χ3v) is 0. The van der Waals surface area contributed by atoms with Crippen molar-refractivity contribution in [1.29, 1.82) is 0 Å². The molecule has 0 aliphatic heterocycles. The minimum atomic E-state index is -1.08. The molecule has 78 heavy (non-hydrogen) atoms. The van der Waals surface area contributed by atoms with E-state index in [9.17, 15) is 0 Å². The molecule has 0 aliphatic rings. The molecule has 0 bridgehead atoms. The predicted molar refractivity (Wildman–Crippen MR) is 192 cm³/mol. The van der Waals surface area contributed by atoms with E-state index in [1.807, 2.05) is 0 Å². The molecule has 0 atom stereocenters. The molecule has 0 saturated heterocycles. The molecule has 42 heteroatoms. The molecule has 6 radical (unpaired) electrons. The summed E-state index contributed by atoms with van der Waals surface area (Å²) in [4.78, 5) is 160. The van der Waals surface area contributed by atoms with Crippen molar-refractivity contribution in [3.8, 4) is 0 Å². The van der Waals surface area contributed by atoms with Gasteiger partial charge in [-0.2, -0.15) is 0 Å². The van der Waals surface area contributed by atoms with Gasteiger partial charge in [-0.25, -0.2) is 0 Å². The number of aliphatic carboxylic acids is 18. The number of carbonyl (C=O) groups excluding carboxylic acids is 18. The molecular formula is C36H54Gd6O36. The van der Waals surface area contributed by atoms with Crippen LogP contribution in [-0.4, -0.2) is 107 Å². The normalized spacial score (nSPS) is 5.77. The molecule has 36 nitrogen and oxygen atoms in total. The Labute approximate surface area is 639 Å². The third kappa shape index (κ3) is 158000. The first-order valence-electron chi connectivity index (χ1n) is 16.3.